The van der Waals surface area contributed by atoms with Crippen molar-refractivity contribution in [1.29, 1.82) is 0 Å². The number of para-hydroxylation sites is 1. The van der Waals surface area contributed by atoms with Gasteiger partial charge in [-0.1, -0.05) is 55.8 Å². The number of anilines is 1. The number of rotatable bonds is 15. The van der Waals surface area contributed by atoms with Crippen molar-refractivity contribution in [2.24, 2.45) is 0 Å². The topological polar surface area (TPSA) is 104 Å². The van der Waals surface area contributed by atoms with Crippen LogP contribution in [0.1, 0.15) is 49.6 Å². The maximum absolute atomic E-state index is 11.3. The van der Waals surface area contributed by atoms with Gasteiger partial charge in [-0.05, 0) is 56.6 Å². The number of nitrogens with two attached hydrogens (primary N) is 1. The highest BCUT2D eigenvalue weighted by atomic mass is 16.4. The van der Waals surface area contributed by atoms with Gasteiger partial charge in [0.05, 0.1) is 17.5 Å². The Morgan fingerprint density at radius 3 is 2.47 bits per heavy atom. The molecule has 0 radical (unpaired) electrons. The number of carboxylic acid groups (broad SMARTS) is 1. The van der Waals surface area contributed by atoms with Crippen molar-refractivity contribution in [2.45, 2.75) is 58.5 Å². The third-order valence-corrected chi connectivity index (χ3v) is 8.60. The van der Waals surface area contributed by atoms with Gasteiger partial charge in [-0.15, -0.1) is 0 Å². The van der Waals surface area contributed by atoms with Crippen molar-refractivity contribution in [2.75, 3.05) is 58.6 Å². The molecule has 1 fully saturated rings. The van der Waals surface area contributed by atoms with Gasteiger partial charge in [0, 0.05) is 57.6 Å². The molecule has 1 saturated heterocycles. The van der Waals surface area contributed by atoms with E-state index < -0.39 is 5.97 Å². The Kier molecular flexibility index (Phi) is 10.6. The van der Waals surface area contributed by atoms with Crippen LogP contribution in [0.3, 0.4) is 0 Å². The van der Waals surface area contributed by atoms with Crippen LogP contribution in [0.5, 0.6) is 0 Å². The first-order chi connectivity index (χ1) is 20.9. The minimum absolute atomic E-state index is 0.0530. The summed E-state index contributed by atoms with van der Waals surface area (Å²) in [5, 5.41) is 10.4. The zero-order chi connectivity index (χ0) is 30.2. The smallest absolute Gasteiger partial charge is 0.307 e. The molecule has 9 heteroatoms. The number of fused-ring (bicyclic) bond motifs is 3. The highest BCUT2D eigenvalue weighted by Gasteiger charge is 2.18. The second kappa shape index (κ2) is 14.8. The van der Waals surface area contributed by atoms with Crippen LogP contribution in [0.15, 0.2) is 48.5 Å². The Morgan fingerprint density at radius 2 is 1.70 bits per heavy atom. The lowest BCUT2D eigenvalue weighted by molar-refractivity contribution is -0.136. The predicted molar refractivity (Wildman–Crippen MR) is 174 cm³/mol. The standard InChI is InChI=1S/C34H47N7O2/c1-3-4-14-30-37-32-33(28-12-5-6-13-29(28)36-34(32)35)41(30)18-9-17-40(16-8-15-39-21-19-38(2)20-22-39)25-27-11-7-10-26(23-27)24-31(42)43/h5-7,10-13,23H,3-4,8-9,14-22,24-25H2,1-2H3,(H2,35,36)(H,42,43). The molecule has 0 amide bonds. The number of unbranched alkanes of at least 4 members (excludes halogenated alkanes) is 1. The summed E-state index contributed by atoms with van der Waals surface area (Å²) in [6, 6.07) is 16.3. The maximum Gasteiger partial charge on any atom is 0.307 e. The summed E-state index contributed by atoms with van der Waals surface area (Å²) in [6.07, 6.45) is 5.26. The van der Waals surface area contributed by atoms with Gasteiger partial charge in [-0.3, -0.25) is 9.69 Å². The lowest BCUT2D eigenvalue weighted by atomic mass is 10.1. The molecule has 3 heterocycles. The minimum Gasteiger partial charge on any atom is -0.481 e. The first-order valence-electron chi connectivity index (χ1n) is 15.9. The number of hydrogen-bond donors (Lipinski definition) is 2. The lowest BCUT2D eigenvalue weighted by Gasteiger charge is -2.33. The quantitative estimate of drug-likeness (QED) is 0.208. The predicted octanol–water partition coefficient (Wildman–Crippen LogP) is 4.67. The van der Waals surface area contributed by atoms with Gasteiger partial charge < -0.3 is 25.2 Å². The zero-order valence-electron chi connectivity index (χ0n) is 25.8. The second-order valence-electron chi connectivity index (χ2n) is 12.0. The number of aliphatic carboxylic acids is 1. The fourth-order valence-electron chi connectivity index (χ4n) is 6.25. The molecule has 230 valence electrons. The first-order valence-corrected chi connectivity index (χ1v) is 15.9. The number of nitrogens with zero attached hydrogens (tertiary/aromatic N) is 6. The van der Waals surface area contributed by atoms with E-state index in [1.54, 1.807) is 0 Å². The van der Waals surface area contributed by atoms with Crippen molar-refractivity contribution in [3.8, 4) is 0 Å². The normalized spacial score (nSPS) is 14.8. The third kappa shape index (κ3) is 8.10. The number of benzene rings is 2. The van der Waals surface area contributed by atoms with Crippen LogP contribution in [-0.2, 0) is 30.7 Å². The molecular weight excluding hydrogens is 538 g/mol. The highest BCUT2D eigenvalue weighted by molar-refractivity contribution is 6.06. The van der Waals surface area contributed by atoms with Crippen LogP contribution in [0.2, 0.25) is 0 Å². The number of nitrogen functional groups attached to an aromatic ring is 1. The van der Waals surface area contributed by atoms with E-state index >= 15 is 0 Å². The molecule has 0 spiro atoms. The zero-order valence-corrected chi connectivity index (χ0v) is 25.8. The number of hydrogen-bond acceptors (Lipinski definition) is 7. The van der Waals surface area contributed by atoms with E-state index in [0.717, 1.165) is 124 Å². The number of imidazole rings is 1. The molecule has 3 N–H and O–H groups in total. The van der Waals surface area contributed by atoms with Gasteiger partial charge >= 0.3 is 5.97 Å². The number of aromatic nitrogens is 3. The Bertz CT molecular complexity index is 1510. The molecule has 43 heavy (non-hydrogen) atoms. The SMILES string of the molecule is CCCCc1nc2c(N)nc3ccccc3c2n1CCCN(CCCN1CCN(C)CC1)Cc1cccc(CC(=O)O)c1. The van der Waals surface area contributed by atoms with Gasteiger partial charge in [0.1, 0.15) is 11.3 Å². The first kappa shape index (κ1) is 30.9. The Labute approximate surface area is 255 Å². The van der Waals surface area contributed by atoms with Crippen LogP contribution in [0, 0.1) is 0 Å². The molecule has 0 unspecified atom stereocenters. The Balaban J connectivity index is 1.33. The summed E-state index contributed by atoms with van der Waals surface area (Å²) in [6.45, 7) is 11.5. The van der Waals surface area contributed by atoms with Gasteiger partial charge in [0.2, 0.25) is 0 Å². The molecule has 0 bridgehead atoms. The van der Waals surface area contributed by atoms with E-state index in [4.69, 9.17) is 10.7 Å². The Hall–Kier alpha value is -3.53. The van der Waals surface area contributed by atoms with Gasteiger partial charge in [0.25, 0.3) is 0 Å². The second-order valence-corrected chi connectivity index (χ2v) is 12.0. The monoisotopic (exact) mass is 585 g/mol. The summed E-state index contributed by atoms with van der Waals surface area (Å²) in [4.78, 5) is 28.5. The average Bonchev–Trinajstić information content (AvgIpc) is 3.36. The number of carboxylic acids is 1. The lowest BCUT2D eigenvalue weighted by Crippen LogP contribution is -2.45. The summed E-state index contributed by atoms with van der Waals surface area (Å²) < 4.78 is 2.39. The van der Waals surface area contributed by atoms with Crippen molar-refractivity contribution >= 4 is 33.7 Å². The number of aryl methyl sites for hydroxylation is 2. The minimum atomic E-state index is -0.795. The van der Waals surface area contributed by atoms with E-state index in [-0.39, 0.29) is 6.42 Å². The van der Waals surface area contributed by atoms with Crippen LogP contribution in [0.25, 0.3) is 21.9 Å². The summed E-state index contributed by atoms with van der Waals surface area (Å²) >= 11 is 0. The summed E-state index contributed by atoms with van der Waals surface area (Å²) in [5.41, 5.74) is 11.3. The Morgan fingerprint density at radius 1 is 0.953 bits per heavy atom. The molecule has 0 atom stereocenters. The van der Waals surface area contributed by atoms with E-state index in [0.29, 0.717) is 5.82 Å². The van der Waals surface area contributed by atoms with E-state index in [1.807, 2.05) is 24.3 Å². The molecular formula is C34H47N7O2. The number of likely N-dealkylation sites (N-methyl/N-ethyl adjacent to an activating group) is 1. The van der Waals surface area contributed by atoms with Crippen LogP contribution in [-0.4, -0.2) is 93.2 Å². The van der Waals surface area contributed by atoms with E-state index in [9.17, 15) is 9.90 Å². The van der Waals surface area contributed by atoms with Crippen molar-refractivity contribution < 1.29 is 9.90 Å². The maximum atomic E-state index is 11.3. The van der Waals surface area contributed by atoms with Gasteiger partial charge in [-0.25, -0.2) is 9.97 Å². The molecule has 0 saturated carbocycles. The molecule has 4 aromatic rings. The van der Waals surface area contributed by atoms with E-state index in [1.165, 1.54) is 5.56 Å². The molecule has 5 rings (SSSR count). The van der Waals surface area contributed by atoms with Gasteiger partial charge in [0.15, 0.2) is 5.82 Å². The van der Waals surface area contributed by atoms with Crippen LogP contribution in [0.4, 0.5) is 5.82 Å². The largest absolute Gasteiger partial charge is 0.481 e. The number of pyridine rings is 1. The fraction of sp³-hybridized carbons (Fsp3) is 0.500. The average molecular weight is 586 g/mol. The summed E-state index contributed by atoms with van der Waals surface area (Å²) in [5.74, 6) is 0.789. The van der Waals surface area contributed by atoms with Crippen LogP contribution < -0.4 is 5.73 Å². The number of carbonyl (C=O) groups is 1. The molecule has 9 nitrogen and oxygen atoms in total. The molecule has 1 aliphatic rings. The van der Waals surface area contributed by atoms with Crippen molar-refractivity contribution in [3.63, 3.8) is 0 Å². The molecule has 0 aliphatic carbocycles. The summed E-state index contributed by atoms with van der Waals surface area (Å²) in [7, 11) is 2.20. The number of piperazine rings is 1. The highest BCUT2D eigenvalue weighted by Crippen LogP contribution is 2.29. The molecule has 2 aromatic carbocycles. The van der Waals surface area contributed by atoms with Gasteiger partial charge in [-0.2, -0.15) is 0 Å². The molecule has 2 aromatic heterocycles. The van der Waals surface area contributed by atoms with Crippen molar-refractivity contribution in [3.05, 3.63) is 65.5 Å². The fourth-order valence-corrected chi connectivity index (χ4v) is 6.25. The van der Waals surface area contributed by atoms with Crippen molar-refractivity contribution in [1.82, 2.24) is 29.2 Å². The van der Waals surface area contributed by atoms with Crippen LogP contribution >= 0.6 is 0 Å². The van der Waals surface area contributed by atoms with E-state index in [2.05, 4.69) is 62.5 Å². The molecule has 1 aliphatic heterocycles. The third-order valence-electron chi connectivity index (χ3n) is 8.60.